The first-order chi connectivity index (χ1) is 14.9. The average Bonchev–Trinajstić information content (AvgIpc) is 3.37. The average molecular weight is 382 g/mol. The minimum absolute atomic E-state index is 0.957. The van der Waals surface area contributed by atoms with Crippen molar-refractivity contribution in [2.45, 2.75) is 6.42 Å². The second-order valence-electron chi connectivity index (χ2n) is 8.16. The predicted molar refractivity (Wildman–Crippen MR) is 125 cm³/mol. The van der Waals surface area contributed by atoms with Gasteiger partial charge in [0.25, 0.3) is 0 Å². The van der Waals surface area contributed by atoms with Gasteiger partial charge in [-0.3, -0.25) is 0 Å². The lowest BCUT2D eigenvalue weighted by Gasteiger charge is -2.06. The Morgan fingerprint density at radius 1 is 0.533 bits per heavy atom. The zero-order valence-corrected chi connectivity index (χ0v) is 16.4. The highest BCUT2D eigenvalue weighted by Gasteiger charge is 2.24. The maximum atomic E-state index is 6.58. The van der Waals surface area contributed by atoms with E-state index >= 15 is 0 Å². The lowest BCUT2D eigenvalue weighted by molar-refractivity contribution is 0.673. The predicted octanol–water partition coefficient (Wildman–Crippen LogP) is 7.98. The number of fused-ring (bicyclic) bond motifs is 9. The molecule has 30 heavy (non-hydrogen) atoms. The molecule has 1 aliphatic carbocycles. The van der Waals surface area contributed by atoms with E-state index in [4.69, 9.17) is 4.42 Å². The summed E-state index contributed by atoms with van der Waals surface area (Å²) in [5.41, 5.74) is 9.85. The van der Waals surface area contributed by atoms with E-state index in [0.717, 1.165) is 17.6 Å². The molecule has 1 aliphatic rings. The van der Waals surface area contributed by atoms with Gasteiger partial charge in [0, 0.05) is 21.7 Å². The molecule has 0 N–H and O–H groups in total. The molecule has 0 saturated carbocycles. The van der Waals surface area contributed by atoms with Crippen LogP contribution in [0.3, 0.4) is 0 Å². The fourth-order valence-electron chi connectivity index (χ4n) is 5.05. The van der Waals surface area contributed by atoms with Crippen LogP contribution in [0.2, 0.25) is 0 Å². The van der Waals surface area contributed by atoms with Gasteiger partial charge in [0.1, 0.15) is 11.2 Å². The summed E-state index contributed by atoms with van der Waals surface area (Å²) in [6.45, 7) is 0. The lowest BCUT2D eigenvalue weighted by atomic mass is 9.98. The topological polar surface area (TPSA) is 13.1 Å². The number of benzene rings is 5. The molecule has 1 heteroatoms. The maximum absolute atomic E-state index is 6.58. The molecular formula is C29H18O. The van der Waals surface area contributed by atoms with E-state index in [1.54, 1.807) is 0 Å². The summed E-state index contributed by atoms with van der Waals surface area (Å²) < 4.78 is 6.58. The summed E-state index contributed by atoms with van der Waals surface area (Å²) in [5.74, 6) is 0. The van der Waals surface area contributed by atoms with Gasteiger partial charge in [0.15, 0.2) is 0 Å². The van der Waals surface area contributed by atoms with Crippen LogP contribution in [-0.4, -0.2) is 0 Å². The monoisotopic (exact) mass is 382 g/mol. The molecule has 0 saturated heterocycles. The van der Waals surface area contributed by atoms with Crippen LogP contribution in [0.15, 0.2) is 101 Å². The van der Waals surface area contributed by atoms with E-state index in [-0.39, 0.29) is 0 Å². The molecule has 5 aromatic carbocycles. The number of hydrogen-bond donors (Lipinski definition) is 0. The minimum Gasteiger partial charge on any atom is -0.455 e. The summed E-state index contributed by atoms with van der Waals surface area (Å²) in [6, 6.07) is 34.8. The van der Waals surface area contributed by atoms with E-state index < -0.39 is 0 Å². The van der Waals surface area contributed by atoms with Gasteiger partial charge in [0.2, 0.25) is 0 Å². The Bertz CT molecular complexity index is 1600. The smallest absolute Gasteiger partial charge is 0.143 e. The van der Waals surface area contributed by atoms with Gasteiger partial charge < -0.3 is 4.42 Å². The standard InChI is InChI=1S/C29H18O/c1-2-6-18(7-3-1)20-11-13-23-22(16-20)17-21-12-15-26-25-14-10-19-8-4-5-9-24(19)28(25)30-29(26)27(21)23/h1-16H,17H2. The third-order valence-electron chi connectivity index (χ3n) is 6.48. The van der Waals surface area contributed by atoms with Crippen molar-refractivity contribution >= 4 is 32.7 Å². The molecule has 1 nitrogen and oxygen atoms in total. The SMILES string of the molecule is c1ccc(-c2ccc3c(c2)Cc2ccc4c(oc5c6ccccc6ccc45)c2-3)cc1. The Kier molecular flexibility index (Phi) is 3.12. The summed E-state index contributed by atoms with van der Waals surface area (Å²) in [4.78, 5) is 0. The highest BCUT2D eigenvalue weighted by molar-refractivity contribution is 6.18. The van der Waals surface area contributed by atoms with Crippen LogP contribution in [-0.2, 0) is 6.42 Å². The van der Waals surface area contributed by atoms with E-state index in [0.29, 0.717) is 0 Å². The van der Waals surface area contributed by atoms with Gasteiger partial charge in [-0.05, 0) is 45.7 Å². The second-order valence-corrected chi connectivity index (χ2v) is 8.16. The maximum Gasteiger partial charge on any atom is 0.143 e. The summed E-state index contributed by atoms with van der Waals surface area (Å²) in [6.07, 6.45) is 0.957. The molecule has 0 atom stereocenters. The molecule has 0 fully saturated rings. The molecule has 140 valence electrons. The molecule has 1 aromatic heterocycles. The Hall–Kier alpha value is -3.84. The quantitative estimate of drug-likeness (QED) is 0.280. The van der Waals surface area contributed by atoms with Crippen molar-refractivity contribution in [2.75, 3.05) is 0 Å². The van der Waals surface area contributed by atoms with Crippen LogP contribution in [0.4, 0.5) is 0 Å². The molecule has 0 bridgehead atoms. The third kappa shape index (κ3) is 2.12. The van der Waals surface area contributed by atoms with Gasteiger partial charge in [-0.1, -0.05) is 91.0 Å². The third-order valence-corrected chi connectivity index (χ3v) is 6.48. The van der Waals surface area contributed by atoms with Crippen molar-refractivity contribution < 1.29 is 4.42 Å². The van der Waals surface area contributed by atoms with Crippen molar-refractivity contribution in [3.05, 3.63) is 108 Å². The van der Waals surface area contributed by atoms with E-state index in [2.05, 4.69) is 97.1 Å². The zero-order valence-electron chi connectivity index (χ0n) is 16.4. The van der Waals surface area contributed by atoms with E-state index in [1.807, 2.05) is 0 Å². The molecular weight excluding hydrogens is 364 g/mol. The largest absolute Gasteiger partial charge is 0.455 e. The fourth-order valence-corrected chi connectivity index (χ4v) is 5.05. The van der Waals surface area contributed by atoms with Crippen molar-refractivity contribution in [1.82, 2.24) is 0 Å². The second kappa shape index (κ2) is 5.84. The van der Waals surface area contributed by atoms with Crippen LogP contribution in [0, 0.1) is 0 Å². The Balaban J connectivity index is 1.50. The van der Waals surface area contributed by atoms with E-state index in [1.165, 1.54) is 54.9 Å². The molecule has 7 rings (SSSR count). The minimum atomic E-state index is 0.957. The number of furan rings is 1. The fraction of sp³-hybridized carbons (Fsp3) is 0.0345. The van der Waals surface area contributed by atoms with Gasteiger partial charge in [-0.2, -0.15) is 0 Å². The van der Waals surface area contributed by atoms with Crippen molar-refractivity contribution in [3.8, 4) is 22.3 Å². The van der Waals surface area contributed by atoms with E-state index in [9.17, 15) is 0 Å². The van der Waals surface area contributed by atoms with Crippen LogP contribution in [0.25, 0.3) is 55.0 Å². The van der Waals surface area contributed by atoms with Crippen LogP contribution in [0.1, 0.15) is 11.1 Å². The molecule has 0 spiro atoms. The van der Waals surface area contributed by atoms with Gasteiger partial charge in [-0.15, -0.1) is 0 Å². The normalized spacial score (nSPS) is 12.5. The van der Waals surface area contributed by atoms with Gasteiger partial charge in [-0.25, -0.2) is 0 Å². The van der Waals surface area contributed by atoms with Crippen molar-refractivity contribution in [2.24, 2.45) is 0 Å². The highest BCUT2D eigenvalue weighted by Crippen LogP contribution is 2.46. The molecule has 0 aliphatic heterocycles. The summed E-state index contributed by atoms with van der Waals surface area (Å²) in [5, 5.41) is 4.79. The number of rotatable bonds is 1. The molecule has 0 amide bonds. The first-order valence-electron chi connectivity index (χ1n) is 10.4. The first-order valence-corrected chi connectivity index (χ1v) is 10.4. The molecule has 6 aromatic rings. The van der Waals surface area contributed by atoms with Crippen LogP contribution < -0.4 is 0 Å². The van der Waals surface area contributed by atoms with Crippen LogP contribution in [0.5, 0.6) is 0 Å². The summed E-state index contributed by atoms with van der Waals surface area (Å²) >= 11 is 0. The lowest BCUT2D eigenvalue weighted by Crippen LogP contribution is -1.83. The first kappa shape index (κ1) is 16.0. The Labute approximate surface area is 174 Å². The summed E-state index contributed by atoms with van der Waals surface area (Å²) in [7, 11) is 0. The molecule has 0 unspecified atom stereocenters. The zero-order chi connectivity index (χ0) is 19.7. The molecule has 0 radical (unpaired) electrons. The van der Waals surface area contributed by atoms with Gasteiger partial charge >= 0.3 is 0 Å². The Morgan fingerprint density at radius 2 is 1.33 bits per heavy atom. The Morgan fingerprint density at radius 3 is 2.27 bits per heavy atom. The number of hydrogen-bond acceptors (Lipinski definition) is 1. The van der Waals surface area contributed by atoms with Crippen molar-refractivity contribution in [1.29, 1.82) is 0 Å². The highest BCUT2D eigenvalue weighted by atomic mass is 16.3. The van der Waals surface area contributed by atoms with Gasteiger partial charge in [0.05, 0.1) is 0 Å². The van der Waals surface area contributed by atoms with Crippen molar-refractivity contribution in [3.63, 3.8) is 0 Å². The molecule has 1 heterocycles. The van der Waals surface area contributed by atoms with Crippen LogP contribution >= 0.6 is 0 Å².